The Hall–Kier alpha value is -4.52. The maximum Gasteiger partial charge on any atom is 0.342 e. The molecule has 35 heavy (non-hydrogen) atoms. The lowest BCUT2D eigenvalue weighted by atomic mass is 10.2. The second-order valence-corrected chi connectivity index (χ2v) is 8.28. The predicted molar refractivity (Wildman–Crippen MR) is 135 cm³/mol. The van der Waals surface area contributed by atoms with Crippen LogP contribution in [-0.4, -0.2) is 26.5 Å². The molecule has 0 saturated heterocycles. The Morgan fingerprint density at radius 1 is 0.914 bits per heavy atom. The lowest BCUT2D eigenvalue weighted by Crippen LogP contribution is -2.38. The van der Waals surface area contributed by atoms with Crippen LogP contribution < -0.4 is 11.3 Å². The first-order chi connectivity index (χ1) is 17.0. The third kappa shape index (κ3) is 4.01. The van der Waals surface area contributed by atoms with Crippen LogP contribution in [0.1, 0.15) is 28.4 Å². The molecule has 0 bridgehead atoms. The van der Waals surface area contributed by atoms with Crippen LogP contribution in [0.5, 0.6) is 0 Å². The molecule has 0 aliphatic rings. The largest absolute Gasteiger partial charge is 0.462 e. The molecule has 3 aromatic carbocycles. The number of hydrogen-bond acceptors (Lipinski definition) is 5. The summed E-state index contributed by atoms with van der Waals surface area (Å²) in [6, 6.07) is 24.3. The van der Waals surface area contributed by atoms with Gasteiger partial charge in [-0.25, -0.2) is 23.5 Å². The second-order valence-electron chi connectivity index (χ2n) is 8.28. The molecule has 7 nitrogen and oxygen atoms in total. The number of esters is 1. The number of hydrogen-bond donors (Lipinski definition) is 0. The molecule has 2 aromatic heterocycles. The van der Waals surface area contributed by atoms with E-state index in [0.717, 1.165) is 11.1 Å². The highest BCUT2D eigenvalue weighted by Gasteiger charge is 2.23. The first-order valence-corrected chi connectivity index (χ1v) is 11.4. The number of aromatic nitrogens is 3. The van der Waals surface area contributed by atoms with E-state index in [4.69, 9.17) is 14.7 Å². The molecule has 0 unspecified atom stereocenters. The first kappa shape index (κ1) is 22.3. The summed E-state index contributed by atoms with van der Waals surface area (Å²) in [6.07, 6.45) is 0. The number of ether oxygens (including phenoxy) is 1. The van der Waals surface area contributed by atoms with E-state index >= 15 is 0 Å². The molecule has 0 aliphatic carbocycles. The zero-order valence-corrected chi connectivity index (χ0v) is 19.7. The van der Waals surface area contributed by atoms with Gasteiger partial charge in [-0.3, -0.25) is 0 Å². The maximum absolute atomic E-state index is 14.1. The van der Waals surface area contributed by atoms with Crippen LogP contribution in [-0.2, 0) is 4.74 Å². The monoisotopic (exact) mass is 464 g/mol. The lowest BCUT2D eigenvalue weighted by molar-refractivity contribution is 0.0530. The summed E-state index contributed by atoms with van der Waals surface area (Å²) < 4.78 is 8.26. The Kier molecular flexibility index (Phi) is 5.74. The van der Waals surface area contributed by atoms with Gasteiger partial charge >= 0.3 is 11.7 Å². The van der Waals surface area contributed by atoms with Crippen molar-refractivity contribution in [3.8, 4) is 5.69 Å². The third-order valence-corrected chi connectivity index (χ3v) is 5.78. The molecule has 5 aromatic rings. The predicted octanol–water partition coefficient (Wildman–Crippen LogP) is 4.66. The van der Waals surface area contributed by atoms with Gasteiger partial charge in [0.15, 0.2) is 5.65 Å². The Bertz CT molecular complexity index is 1700. The van der Waals surface area contributed by atoms with E-state index in [2.05, 4.69) is 0 Å². The van der Waals surface area contributed by atoms with Gasteiger partial charge < -0.3 is 4.74 Å². The minimum absolute atomic E-state index is 0.174. The molecule has 0 aliphatic heterocycles. The van der Waals surface area contributed by atoms with Crippen LogP contribution >= 0.6 is 0 Å². The van der Waals surface area contributed by atoms with Crippen molar-refractivity contribution in [1.82, 2.24) is 14.0 Å². The standard InChI is InChI=1S/C28H24N4O3/c1-4-35-26(33)24-22-8-6-5-7-9-23(22)32-25(24)30-27(29-20-14-10-18(2)11-15-20)31(28(32)34)21-16-12-19(3)13-17-21/h5-17H,4H2,1-3H3. The van der Waals surface area contributed by atoms with E-state index in [-0.39, 0.29) is 29.1 Å². The number of fused-ring (bicyclic) bond motifs is 3. The number of carbonyl (C=O) groups is 1. The fourth-order valence-electron chi connectivity index (χ4n) is 4.05. The molecule has 0 spiro atoms. The van der Waals surface area contributed by atoms with Gasteiger partial charge in [-0.1, -0.05) is 59.7 Å². The maximum atomic E-state index is 14.1. The third-order valence-electron chi connectivity index (χ3n) is 5.78. The fraction of sp³-hybridized carbons (Fsp3) is 0.143. The van der Waals surface area contributed by atoms with E-state index in [0.29, 0.717) is 22.3 Å². The average molecular weight is 465 g/mol. The molecule has 0 amide bonds. The van der Waals surface area contributed by atoms with Gasteiger partial charge in [0.05, 0.1) is 23.5 Å². The van der Waals surface area contributed by atoms with Crippen molar-refractivity contribution < 1.29 is 9.53 Å². The van der Waals surface area contributed by atoms with Crippen molar-refractivity contribution in [2.24, 2.45) is 4.99 Å². The van der Waals surface area contributed by atoms with E-state index in [9.17, 15) is 9.59 Å². The SMILES string of the molecule is CCOC(=O)c1c2cccccc2n2c(=O)n(-c3ccc(C)cc3)c(=Nc3ccc(C)cc3)nc12. The van der Waals surface area contributed by atoms with E-state index < -0.39 is 5.97 Å². The van der Waals surface area contributed by atoms with Crippen molar-refractivity contribution in [3.63, 3.8) is 0 Å². The van der Waals surface area contributed by atoms with Crippen molar-refractivity contribution in [1.29, 1.82) is 0 Å². The molecule has 2 heterocycles. The van der Waals surface area contributed by atoms with Crippen LogP contribution in [0.3, 0.4) is 0 Å². The van der Waals surface area contributed by atoms with Gasteiger partial charge in [-0.15, -0.1) is 0 Å². The summed E-state index contributed by atoms with van der Waals surface area (Å²) in [7, 11) is 0. The van der Waals surface area contributed by atoms with Gasteiger partial charge in [0.25, 0.3) is 0 Å². The minimum Gasteiger partial charge on any atom is -0.462 e. The van der Waals surface area contributed by atoms with E-state index in [1.807, 2.05) is 80.6 Å². The van der Waals surface area contributed by atoms with Gasteiger partial charge in [-0.05, 0) is 51.1 Å². The zero-order valence-electron chi connectivity index (χ0n) is 19.7. The number of benzene rings is 2. The van der Waals surface area contributed by atoms with Crippen LogP contribution in [0.15, 0.2) is 88.6 Å². The van der Waals surface area contributed by atoms with Gasteiger partial charge in [0, 0.05) is 5.39 Å². The second kappa shape index (κ2) is 9.02. The molecule has 7 heteroatoms. The van der Waals surface area contributed by atoms with Crippen LogP contribution in [0.4, 0.5) is 5.69 Å². The molecule has 0 atom stereocenters. The molecular weight excluding hydrogens is 440 g/mol. The number of nitrogens with zero attached hydrogens (tertiary/aromatic N) is 4. The Morgan fingerprint density at radius 2 is 1.57 bits per heavy atom. The lowest BCUT2D eigenvalue weighted by Gasteiger charge is -2.09. The van der Waals surface area contributed by atoms with Gasteiger partial charge in [0.2, 0.25) is 5.62 Å². The highest BCUT2D eigenvalue weighted by atomic mass is 16.5. The summed E-state index contributed by atoms with van der Waals surface area (Å²) in [6.45, 7) is 5.93. The van der Waals surface area contributed by atoms with Crippen LogP contribution in [0.25, 0.3) is 22.2 Å². The summed E-state index contributed by atoms with van der Waals surface area (Å²) in [4.78, 5) is 36.6. The highest BCUT2D eigenvalue weighted by molar-refractivity contribution is 6.10. The minimum atomic E-state index is -0.535. The number of rotatable bonds is 4. The van der Waals surface area contributed by atoms with Gasteiger partial charge in [0.1, 0.15) is 5.56 Å². The number of carbonyl (C=O) groups excluding carboxylic acids is 1. The summed E-state index contributed by atoms with van der Waals surface area (Å²) in [5.74, 6) is -0.535. The average Bonchev–Trinajstić information content (AvgIpc) is 2.97. The molecule has 5 rings (SSSR count). The molecule has 0 fully saturated rings. The first-order valence-electron chi connectivity index (χ1n) is 11.4. The van der Waals surface area contributed by atoms with Crippen molar-refractivity contribution in [2.45, 2.75) is 20.8 Å². The van der Waals surface area contributed by atoms with E-state index in [1.54, 1.807) is 19.1 Å². The Balaban J connectivity index is 1.97. The van der Waals surface area contributed by atoms with E-state index in [1.165, 1.54) is 8.97 Å². The Labute approximate surface area is 201 Å². The highest BCUT2D eigenvalue weighted by Crippen LogP contribution is 2.24. The summed E-state index contributed by atoms with van der Waals surface area (Å²) in [5.41, 5.74) is 4.25. The Morgan fingerprint density at radius 3 is 2.26 bits per heavy atom. The molecule has 0 saturated carbocycles. The number of aryl methyl sites for hydroxylation is 2. The van der Waals surface area contributed by atoms with Crippen molar-refractivity contribution >= 4 is 28.2 Å². The topological polar surface area (TPSA) is 78.0 Å². The quantitative estimate of drug-likeness (QED) is 0.362. The summed E-state index contributed by atoms with van der Waals surface area (Å²) in [5, 5.41) is 0.584. The van der Waals surface area contributed by atoms with Crippen LogP contribution in [0, 0.1) is 13.8 Å². The summed E-state index contributed by atoms with van der Waals surface area (Å²) >= 11 is 0. The normalized spacial score (nSPS) is 11.8. The molecule has 0 radical (unpaired) electrons. The van der Waals surface area contributed by atoms with Crippen molar-refractivity contribution in [3.05, 3.63) is 112 Å². The molecule has 0 N–H and O–H groups in total. The fourth-order valence-corrected chi connectivity index (χ4v) is 4.05. The van der Waals surface area contributed by atoms with Crippen molar-refractivity contribution in [2.75, 3.05) is 6.61 Å². The zero-order chi connectivity index (χ0) is 24.5. The van der Waals surface area contributed by atoms with Gasteiger partial charge in [-0.2, -0.15) is 4.98 Å². The smallest absolute Gasteiger partial charge is 0.342 e. The molecular formula is C28H24N4O3. The molecule has 174 valence electrons. The van der Waals surface area contributed by atoms with Crippen LogP contribution in [0.2, 0.25) is 0 Å².